The highest BCUT2D eigenvalue weighted by Crippen LogP contribution is 2.33. The van der Waals surface area contributed by atoms with Crippen LogP contribution < -0.4 is 5.32 Å². The van der Waals surface area contributed by atoms with Gasteiger partial charge in [0.25, 0.3) is 0 Å². The van der Waals surface area contributed by atoms with Crippen LogP contribution in [0.25, 0.3) is 10.9 Å². The number of carbonyl (C=O) groups excluding carboxylic acids is 1. The van der Waals surface area contributed by atoms with Crippen molar-refractivity contribution in [2.45, 2.75) is 57.5 Å². The summed E-state index contributed by atoms with van der Waals surface area (Å²) in [4.78, 5) is 20.0. The molecule has 0 saturated heterocycles. The molecule has 2 aliphatic rings. The van der Waals surface area contributed by atoms with E-state index in [1.165, 1.54) is 25.7 Å². The zero-order valence-corrected chi connectivity index (χ0v) is 17.7. The number of thioether (sulfide) groups is 1. The molecule has 0 bridgehead atoms. The van der Waals surface area contributed by atoms with E-state index in [-0.39, 0.29) is 12.0 Å². The maximum absolute atomic E-state index is 11.6. The first-order chi connectivity index (χ1) is 13.6. The van der Waals surface area contributed by atoms with Crippen LogP contribution in [0.5, 0.6) is 0 Å². The average Bonchev–Trinajstić information content (AvgIpc) is 3.40. The molecule has 0 spiro atoms. The number of aromatic nitrogens is 1. The molecule has 2 heterocycles. The van der Waals surface area contributed by atoms with E-state index in [1.54, 1.807) is 11.8 Å². The number of hydrogen-bond acceptors (Lipinski definition) is 5. The second kappa shape index (κ2) is 8.78. The van der Waals surface area contributed by atoms with Gasteiger partial charge in [-0.1, -0.05) is 24.4 Å². The smallest absolute Gasteiger partial charge is 0.305 e. The molecular formula is C21H26ClN3O2S. The highest BCUT2D eigenvalue weighted by molar-refractivity contribution is 8.14. The van der Waals surface area contributed by atoms with Gasteiger partial charge >= 0.3 is 5.97 Å². The number of aromatic amines is 1. The van der Waals surface area contributed by atoms with Gasteiger partial charge < -0.3 is 15.0 Å². The van der Waals surface area contributed by atoms with Gasteiger partial charge in [-0.3, -0.25) is 9.79 Å². The highest BCUT2D eigenvalue weighted by atomic mass is 35.5. The van der Waals surface area contributed by atoms with Crippen LogP contribution in [0.15, 0.2) is 23.2 Å². The topological polar surface area (TPSA) is 66.5 Å². The summed E-state index contributed by atoms with van der Waals surface area (Å²) in [5.41, 5.74) is 3.18. The molecule has 7 heteroatoms. The first kappa shape index (κ1) is 19.6. The summed E-state index contributed by atoms with van der Waals surface area (Å²) in [5, 5.41) is 6.52. The fourth-order valence-electron chi connectivity index (χ4n) is 3.95. The number of nitrogens with zero attached hydrogens (tertiary/aromatic N) is 1. The lowest BCUT2D eigenvalue weighted by molar-refractivity contribution is -0.143. The number of aliphatic imine (C=N–C) groups is 1. The summed E-state index contributed by atoms with van der Waals surface area (Å²) < 4.78 is 5.01. The number of hydrogen-bond donors (Lipinski definition) is 2. The van der Waals surface area contributed by atoms with Crippen molar-refractivity contribution in [1.29, 1.82) is 0 Å². The Kier molecular flexibility index (Phi) is 6.16. The molecular weight excluding hydrogens is 394 g/mol. The molecule has 4 rings (SSSR count). The lowest BCUT2D eigenvalue weighted by Crippen LogP contribution is -2.14. The minimum atomic E-state index is -0.140. The molecule has 1 aliphatic carbocycles. The largest absolute Gasteiger partial charge is 0.466 e. The Morgan fingerprint density at radius 3 is 2.96 bits per heavy atom. The summed E-state index contributed by atoms with van der Waals surface area (Å²) in [6.07, 6.45) is 6.16. The number of carbonyl (C=O) groups is 1. The molecule has 150 valence electrons. The second-order valence-corrected chi connectivity index (χ2v) is 8.91. The molecule has 2 N–H and O–H groups in total. The molecule has 5 nitrogen and oxygen atoms in total. The van der Waals surface area contributed by atoms with Crippen molar-refractivity contribution in [2.75, 3.05) is 17.7 Å². The van der Waals surface area contributed by atoms with Gasteiger partial charge in [0.1, 0.15) is 5.04 Å². The van der Waals surface area contributed by atoms with E-state index in [0.717, 1.165) is 44.5 Å². The monoisotopic (exact) mass is 419 g/mol. The van der Waals surface area contributed by atoms with Crippen LogP contribution in [-0.4, -0.2) is 40.4 Å². The minimum absolute atomic E-state index is 0.140. The summed E-state index contributed by atoms with van der Waals surface area (Å²) in [6.45, 7) is 2.26. The third-order valence-electron chi connectivity index (χ3n) is 5.34. The zero-order valence-electron chi connectivity index (χ0n) is 16.1. The number of halogens is 1. The van der Waals surface area contributed by atoms with Crippen molar-refractivity contribution >= 4 is 51.0 Å². The van der Waals surface area contributed by atoms with E-state index in [9.17, 15) is 4.79 Å². The molecule has 1 saturated carbocycles. The zero-order chi connectivity index (χ0) is 19.5. The van der Waals surface area contributed by atoms with E-state index in [2.05, 4.69) is 16.4 Å². The van der Waals surface area contributed by atoms with Gasteiger partial charge in [0.05, 0.1) is 29.5 Å². The van der Waals surface area contributed by atoms with E-state index >= 15 is 0 Å². The van der Waals surface area contributed by atoms with Crippen LogP contribution in [0.3, 0.4) is 0 Å². The maximum atomic E-state index is 11.6. The quantitative estimate of drug-likeness (QED) is 0.591. The standard InChI is InChI=1S/C21H26ClN3O2S/c1-2-27-19(26)8-7-16-12-28-21(24-16)18-10-13-9-14(22)11-17(20(13)25-18)23-15-5-3-4-6-15/h9-11,15-16,23,25H,2-8,12H2,1H3/t16-/m1/s1. The summed E-state index contributed by atoms with van der Waals surface area (Å²) in [6, 6.07) is 6.82. The molecule has 0 radical (unpaired) electrons. The third kappa shape index (κ3) is 4.49. The number of ether oxygens (including phenoxy) is 1. The Balaban J connectivity index is 1.51. The fourth-order valence-corrected chi connectivity index (χ4v) is 5.26. The van der Waals surface area contributed by atoms with Crippen LogP contribution in [0.2, 0.25) is 5.02 Å². The Morgan fingerprint density at radius 1 is 1.36 bits per heavy atom. The van der Waals surface area contributed by atoms with Gasteiger partial charge in [-0.2, -0.15) is 0 Å². The molecule has 1 fully saturated rings. The van der Waals surface area contributed by atoms with Gasteiger partial charge in [-0.05, 0) is 44.4 Å². The van der Waals surface area contributed by atoms with Crippen LogP contribution >= 0.6 is 23.4 Å². The van der Waals surface area contributed by atoms with Gasteiger partial charge in [-0.25, -0.2) is 0 Å². The van der Waals surface area contributed by atoms with Crippen molar-refractivity contribution in [2.24, 2.45) is 4.99 Å². The Bertz CT molecular complexity index is 889. The van der Waals surface area contributed by atoms with Crippen molar-refractivity contribution in [3.8, 4) is 0 Å². The Morgan fingerprint density at radius 2 is 2.18 bits per heavy atom. The molecule has 1 aliphatic heterocycles. The molecule has 2 aromatic rings. The first-order valence-electron chi connectivity index (χ1n) is 10.1. The second-order valence-electron chi connectivity index (χ2n) is 7.47. The highest BCUT2D eigenvalue weighted by Gasteiger charge is 2.23. The van der Waals surface area contributed by atoms with E-state index in [0.29, 0.717) is 19.1 Å². The third-order valence-corrected chi connectivity index (χ3v) is 6.71. The van der Waals surface area contributed by atoms with Crippen molar-refractivity contribution < 1.29 is 9.53 Å². The van der Waals surface area contributed by atoms with E-state index < -0.39 is 0 Å². The van der Waals surface area contributed by atoms with E-state index in [4.69, 9.17) is 21.3 Å². The Hall–Kier alpha value is -1.66. The van der Waals surface area contributed by atoms with Crippen LogP contribution in [0, 0.1) is 0 Å². The first-order valence-corrected chi connectivity index (χ1v) is 11.4. The van der Waals surface area contributed by atoms with Crippen LogP contribution in [-0.2, 0) is 9.53 Å². The number of anilines is 1. The maximum Gasteiger partial charge on any atom is 0.305 e. The number of rotatable bonds is 7. The normalized spacial score (nSPS) is 19.9. The number of esters is 1. The lowest BCUT2D eigenvalue weighted by Gasteiger charge is -2.14. The van der Waals surface area contributed by atoms with Crippen molar-refractivity contribution in [3.63, 3.8) is 0 Å². The van der Waals surface area contributed by atoms with Crippen molar-refractivity contribution in [1.82, 2.24) is 4.98 Å². The SMILES string of the molecule is CCOC(=O)CC[C@@H]1CSC(c2cc3cc(Cl)cc(NC4CCCC4)c3[nH]2)=N1. The molecule has 1 atom stereocenters. The fraction of sp³-hybridized carbons (Fsp3) is 0.524. The van der Waals surface area contributed by atoms with Gasteiger partial charge in [0, 0.05) is 28.6 Å². The predicted molar refractivity (Wildman–Crippen MR) is 118 cm³/mol. The predicted octanol–water partition coefficient (Wildman–Crippen LogP) is 5.38. The van der Waals surface area contributed by atoms with Crippen LogP contribution in [0.4, 0.5) is 5.69 Å². The number of benzene rings is 1. The number of H-pyrrole nitrogens is 1. The Labute approximate surface area is 174 Å². The average molecular weight is 420 g/mol. The van der Waals surface area contributed by atoms with Gasteiger partial charge in [-0.15, -0.1) is 11.8 Å². The molecule has 0 unspecified atom stereocenters. The van der Waals surface area contributed by atoms with Gasteiger partial charge in [0.15, 0.2) is 0 Å². The molecule has 1 aromatic carbocycles. The number of nitrogens with one attached hydrogen (secondary N) is 2. The molecule has 28 heavy (non-hydrogen) atoms. The van der Waals surface area contributed by atoms with Crippen LogP contribution in [0.1, 0.15) is 51.1 Å². The molecule has 0 amide bonds. The van der Waals surface area contributed by atoms with E-state index in [1.807, 2.05) is 19.1 Å². The minimum Gasteiger partial charge on any atom is -0.466 e. The number of fused-ring (bicyclic) bond motifs is 1. The van der Waals surface area contributed by atoms with Crippen molar-refractivity contribution in [3.05, 3.63) is 28.9 Å². The summed E-state index contributed by atoms with van der Waals surface area (Å²) in [7, 11) is 0. The molecule has 1 aromatic heterocycles. The summed E-state index contributed by atoms with van der Waals surface area (Å²) >= 11 is 8.10. The summed E-state index contributed by atoms with van der Waals surface area (Å²) in [5.74, 6) is 0.761. The lowest BCUT2D eigenvalue weighted by atomic mass is 10.2. The van der Waals surface area contributed by atoms with Gasteiger partial charge in [0.2, 0.25) is 0 Å².